The number of hydrogen-bond donors (Lipinski definition) is 0. The highest BCUT2D eigenvalue weighted by molar-refractivity contribution is 7.99. The van der Waals surface area contributed by atoms with E-state index in [1.54, 1.807) is 11.5 Å². The fourth-order valence-electron chi connectivity index (χ4n) is 2.55. The van der Waals surface area contributed by atoms with Crippen LogP contribution in [0.4, 0.5) is 8.78 Å². The number of hydrogen-bond acceptors (Lipinski definition) is 4. The van der Waals surface area contributed by atoms with Gasteiger partial charge in [-0.3, -0.25) is 4.79 Å². The van der Waals surface area contributed by atoms with Crippen LogP contribution in [0.5, 0.6) is 0 Å². The molecule has 1 aromatic heterocycles. The summed E-state index contributed by atoms with van der Waals surface area (Å²) < 4.78 is 34.3. The molecule has 1 aliphatic heterocycles. The Kier molecular flexibility index (Phi) is 3.68. The molecule has 1 atom stereocenters. The van der Waals surface area contributed by atoms with Crippen LogP contribution in [-0.2, 0) is 4.74 Å². The summed E-state index contributed by atoms with van der Waals surface area (Å²) in [6, 6.07) is 0.799. The SMILES string of the molecule is CCOC(=O)c1cn2c3c(c(F)c(F)cc3c1=O)SC[C@H]2C. The van der Waals surface area contributed by atoms with Crippen LogP contribution in [0.25, 0.3) is 10.9 Å². The van der Waals surface area contributed by atoms with Crippen LogP contribution in [0.3, 0.4) is 0 Å². The molecular formula is C15H13F2NO3S. The summed E-state index contributed by atoms with van der Waals surface area (Å²) in [4.78, 5) is 24.5. The first-order valence-corrected chi connectivity index (χ1v) is 7.81. The Balaban J connectivity index is 2.42. The number of thioether (sulfide) groups is 1. The van der Waals surface area contributed by atoms with Gasteiger partial charge in [0.25, 0.3) is 0 Å². The highest BCUT2D eigenvalue weighted by Crippen LogP contribution is 2.38. The smallest absolute Gasteiger partial charge is 0.343 e. The van der Waals surface area contributed by atoms with Gasteiger partial charge in [-0.25, -0.2) is 13.6 Å². The normalized spacial score (nSPS) is 16.8. The summed E-state index contributed by atoms with van der Waals surface area (Å²) in [5.41, 5.74) is -0.467. The van der Waals surface area contributed by atoms with Gasteiger partial charge in [0, 0.05) is 18.0 Å². The molecule has 0 radical (unpaired) electrons. The molecule has 2 heterocycles. The van der Waals surface area contributed by atoms with Crippen molar-refractivity contribution in [1.82, 2.24) is 4.57 Å². The zero-order chi connectivity index (χ0) is 16.0. The maximum absolute atomic E-state index is 14.0. The van der Waals surface area contributed by atoms with Crippen LogP contribution in [0.2, 0.25) is 0 Å². The lowest BCUT2D eigenvalue weighted by molar-refractivity contribution is 0.0524. The van der Waals surface area contributed by atoms with Gasteiger partial charge in [0.15, 0.2) is 11.6 Å². The minimum absolute atomic E-state index is 0.00139. The number of aromatic nitrogens is 1. The third kappa shape index (κ3) is 2.11. The molecule has 0 bridgehead atoms. The molecule has 22 heavy (non-hydrogen) atoms. The Morgan fingerprint density at radius 3 is 2.91 bits per heavy atom. The minimum Gasteiger partial charge on any atom is -0.462 e. The van der Waals surface area contributed by atoms with E-state index in [2.05, 4.69) is 0 Å². The molecule has 0 fully saturated rings. The van der Waals surface area contributed by atoms with Gasteiger partial charge in [-0.05, 0) is 19.9 Å². The van der Waals surface area contributed by atoms with Gasteiger partial charge >= 0.3 is 5.97 Å². The van der Waals surface area contributed by atoms with Crippen molar-refractivity contribution >= 4 is 28.6 Å². The van der Waals surface area contributed by atoms with E-state index in [1.807, 2.05) is 6.92 Å². The monoisotopic (exact) mass is 325 g/mol. The second-order valence-corrected chi connectivity index (χ2v) is 6.09. The van der Waals surface area contributed by atoms with E-state index in [1.165, 1.54) is 18.0 Å². The Bertz CT molecular complexity index is 847. The fourth-order valence-corrected chi connectivity index (χ4v) is 3.69. The van der Waals surface area contributed by atoms with Crippen molar-refractivity contribution in [2.75, 3.05) is 12.4 Å². The zero-order valence-electron chi connectivity index (χ0n) is 12.0. The Labute approximate surface area is 129 Å². The molecule has 0 saturated heterocycles. The van der Waals surface area contributed by atoms with E-state index in [4.69, 9.17) is 4.74 Å². The minimum atomic E-state index is -1.09. The number of nitrogens with zero attached hydrogens (tertiary/aromatic N) is 1. The molecule has 0 amide bonds. The van der Waals surface area contributed by atoms with Gasteiger partial charge in [-0.1, -0.05) is 0 Å². The van der Waals surface area contributed by atoms with E-state index < -0.39 is 23.0 Å². The molecule has 0 saturated carbocycles. The van der Waals surface area contributed by atoms with Crippen molar-refractivity contribution in [2.24, 2.45) is 0 Å². The Morgan fingerprint density at radius 1 is 1.50 bits per heavy atom. The number of carbonyl (C=O) groups excluding carboxylic acids is 1. The van der Waals surface area contributed by atoms with E-state index in [0.29, 0.717) is 11.3 Å². The summed E-state index contributed by atoms with van der Waals surface area (Å²) in [6.45, 7) is 3.65. The first kappa shape index (κ1) is 15.0. The average molecular weight is 325 g/mol. The van der Waals surface area contributed by atoms with Gasteiger partial charge in [0.1, 0.15) is 5.56 Å². The van der Waals surface area contributed by atoms with Gasteiger partial charge < -0.3 is 9.30 Å². The molecular weight excluding hydrogens is 312 g/mol. The standard InChI is InChI=1S/C15H13F2NO3S/c1-3-21-15(20)9-5-18-7(2)6-22-14-11(17)10(16)4-8(12(14)18)13(9)19/h4-5,7H,3,6H2,1-2H3/t7-/m1/s1. The average Bonchev–Trinajstić information content (AvgIpc) is 2.48. The molecule has 116 valence electrons. The van der Waals surface area contributed by atoms with Crippen LogP contribution in [0, 0.1) is 11.6 Å². The molecule has 4 nitrogen and oxygen atoms in total. The van der Waals surface area contributed by atoms with Crippen molar-refractivity contribution in [2.45, 2.75) is 24.8 Å². The molecule has 0 aliphatic carbocycles. The Morgan fingerprint density at radius 2 is 2.23 bits per heavy atom. The van der Waals surface area contributed by atoms with Crippen LogP contribution in [-0.4, -0.2) is 22.9 Å². The van der Waals surface area contributed by atoms with Crippen LogP contribution in [0.1, 0.15) is 30.2 Å². The molecule has 3 rings (SSSR count). The molecule has 0 unspecified atom stereocenters. The number of esters is 1. The highest BCUT2D eigenvalue weighted by Gasteiger charge is 2.27. The number of ether oxygens (including phenoxy) is 1. The summed E-state index contributed by atoms with van der Waals surface area (Å²) >= 11 is 1.17. The van der Waals surface area contributed by atoms with Gasteiger partial charge in [0.05, 0.1) is 22.4 Å². The Hall–Kier alpha value is -1.89. The van der Waals surface area contributed by atoms with Gasteiger partial charge in [-0.15, -0.1) is 11.8 Å². The lowest BCUT2D eigenvalue weighted by Crippen LogP contribution is -2.25. The highest BCUT2D eigenvalue weighted by atomic mass is 32.2. The van der Waals surface area contributed by atoms with Crippen LogP contribution >= 0.6 is 11.8 Å². The first-order valence-electron chi connectivity index (χ1n) is 6.82. The van der Waals surface area contributed by atoms with Gasteiger partial charge in [-0.2, -0.15) is 0 Å². The molecule has 7 heteroatoms. The van der Waals surface area contributed by atoms with Crippen LogP contribution < -0.4 is 5.43 Å². The lowest BCUT2D eigenvalue weighted by atomic mass is 10.1. The first-order chi connectivity index (χ1) is 10.5. The fraction of sp³-hybridized carbons (Fsp3) is 0.333. The predicted molar refractivity (Wildman–Crippen MR) is 79.5 cm³/mol. The van der Waals surface area contributed by atoms with E-state index in [-0.39, 0.29) is 28.5 Å². The van der Waals surface area contributed by atoms with Crippen LogP contribution in [0.15, 0.2) is 22.0 Å². The van der Waals surface area contributed by atoms with Crippen molar-refractivity contribution in [3.63, 3.8) is 0 Å². The summed E-state index contributed by atoms with van der Waals surface area (Å²) in [5, 5.41) is -0.00139. The summed E-state index contributed by atoms with van der Waals surface area (Å²) in [6.07, 6.45) is 1.38. The second kappa shape index (κ2) is 5.39. The molecule has 2 aromatic rings. The number of carbonyl (C=O) groups is 1. The predicted octanol–water partition coefficient (Wildman–Crippen LogP) is 3.12. The number of pyridine rings is 1. The zero-order valence-corrected chi connectivity index (χ0v) is 12.8. The van der Waals surface area contributed by atoms with Gasteiger partial charge in [0.2, 0.25) is 5.43 Å². The largest absolute Gasteiger partial charge is 0.462 e. The molecule has 0 N–H and O–H groups in total. The number of benzene rings is 1. The summed E-state index contributed by atoms with van der Waals surface area (Å²) in [7, 11) is 0. The van der Waals surface area contributed by atoms with E-state index in [0.717, 1.165) is 6.07 Å². The number of rotatable bonds is 2. The molecule has 0 spiro atoms. The van der Waals surface area contributed by atoms with Crippen molar-refractivity contribution in [1.29, 1.82) is 0 Å². The van der Waals surface area contributed by atoms with Crippen molar-refractivity contribution < 1.29 is 18.3 Å². The lowest BCUT2D eigenvalue weighted by Gasteiger charge is -2.26. The quantitative estimate of drug-likeness (QED) is 0.796. The third-order valence-electron chi connectivity index (χ3n) is 3.61. The molecule has 1 aliphatic rings. The maximum Gasteiger partial charge on any atom is 0.343 e. The van der Waals surface area contributed by atoms with E-state index in [9.17, 15) is 18.4 Å². The maximum atomic E-state index is 14.0. The van der Waals surface area contributed by atoms with E-state index >= 15 is 0 Å². The van der Waals surface area contributed by atoms with Crippen molar-refractivity contribution in [3.05, 3.63) is 39.7 Å². The number of halogens is 2. The topological polar surface area (TPSA) is 48.3 Å². The molecule has 1 aromatic carbocycles. The summed E-state index contributed by atoms with van der Waals surface area (Å²) in [5.74, 6) is -2.28. The third-order valence-corrected chi connectivity index (χ3v) is 4.92. The van der Waals surface area contributed by atoms with Crippen molar-refractivity contribution in [3.8, 4) is 0 Å². The second-order valence-electron chi connectivity index (χ2n) is 5.06.